The number of carboxylic acids is 1. The SMILES string of the molecule is Cc1ccc(C(=O)O)cc1C.[KH]. The fourth-order valence-electron chi connectivity index (χ4n) is 0.874. The third-order valence-corrected chi connectivity index (χ3v) is 1.75. The molecule has 0 saturated heterocycles. The van der Waals surface area contributed by atoms with Crippen molar-refractivity contribution in [3.63, 3.8) is 0 Å². The first-order valence-corrected chi connectivity index (χ1v) is 3.42. The predicted octanol–water partition coefficient (Wildman–Crippen LogP) is 1.35. The van der Waals surface area contributed by atoms with Crippen molar-refractivity contribution < 1.29 is 9.90 Å². The number of hydrogen-bond donors (Lipinski definition) is 1. The third-order valence-electron chi connectivity index (χ3n) is 1.75. The Labute approximate surface area is 114 Å². The Morgan fingerprint density at radius 1 is 1.25 bits per heavy atom. The van der Waals surface area contributed by atoms with E-state index in [-0.39, 0.29) is 51.4 Å². The van der Waals surface area contributed by atoms with Gasteiger partial charge in [0.25, 0.3) is 0 Å². The van der Waals surface area contributed by atoms with E-state index in [0.717, 1.165) is 11.1 Å². The number of aryl methyl sites for hydroxylation is 2. The van der Waals surface area contributed by atoms with Crippen molar-refractivity contribution in [3.05, 3.63) is 34.9 Å². The standard InChI is InChI=1S/C9H10O2.K.H/c1-6-3-4-8(9(10)11)5-7(6)2;;/h3-5H,1-2H3,(H,10,11);;. The van der Waals surface area contributed by atoms with Gasteiger partial charge in [0.2, 0.25) is 0 Å². The zero-order valence-corrected chi connectivity index (χ0v) is 6.59. The molecule has 60 valence electrons. The molecule has 1 aromatic rings. The van der Waals surface area contributed by atoms with E-state index >= 15 is 0 Å². The quantitative estimate of drug-likeness (QED) is 0.679. The van der Waals surface area contributed by atoms with E-state index in [1.54, 1.807) is 12.1 Å². The Morgan fingerprint density at radius 3 is 2.25 bits per heavy atom. The third kappa shape index (κ3) is 2.99. The van der Waals surface area contributed by atoms with Crippen molar-refractivity contribution in [1.29, 1.82) is 0 Å². The monoisotopic (exact) mass is 190 g/mol. The predicted molar refractivity (Wildman–Crippen MR) is 50.0 cm³/mol. The Hall–Kier alpha value is 0.326. The minimum absolute atomic E-state index is 0. The summed E-state index contributed by atoms with van der Waals surface area (Å²) >= 11 is 0. The summed E-state index contributed by atoms with van der Waals surface area (Å²) < 4.78 is 0. The van der Waals surface area contributed by atoms with Crippen molar-refractivity contribution >= 4 is 57.4 Å². The van der Waals surface area contributed by atoms with Crippen LogP contribution >= 0.6 is 0 Å². The average molecular weight is 190 g/mol. The first-order chi connectivity index (χ1) is 5.11. The van der Waals surface area contributed by atoms with Crippen LogP contribution in [0.4, 0.5) is 0 Å². The molecule has 0 saturated carbocycles. The fourth-order valence-corrected chi connectivity index (χ4v) is 0.874. The van der Waals surface area contributed by atoms with Gasteiger partial charge in [-0.05, 0) is 37.1 Å². The Morgan fingerprint density at radius 2 is 1.83 bits per heavy atom. The molecular formula is C9H11KO2. The molecule has 0 amide bonds. The molecule has 0 fully saturated rings. The van der Waals surface area contributed by atoms with Crippen LogP contribution in [0, 0.1) is 13.8 Å². The number of carboxylic acid groups (broad SMARTS) is 1. The molecule has 0 spiro atoms. The molecular weight excluding hydrogens is 179 g/mol. The molecule has 1 aromatic carbocycles. The van der Waals surface area contributed by atoms with E-state index < -0.39 is 5.97 Å². The zero-order chi connectivity index (χ0) is 8.43. The second kappa shape index (κ2) is 5.14. The molecule has 0 aliphatic carbocycles. The normalized spacial score (nSPS) is 8.83. The van der Waals surface area contributed by atoms with Crippen LogP contribution in [0.25, 0.3) is 0 Å². The second-order valence-corrected chi connectivity index (χ2v) is 2.60. The second-order valence-electron chi connectivity index (χ2n) is 2.60. The van der Waals surface area contributed by atoms with E-state index in [0.29, 0.717) is 5.56 Å². The molecule has 0 aromatic heterocycles. The van der Waals surface area contributed by atoms with Gasteiger partial charge >= 0.3 is 57.4 Å². The molecule has 2 nitrogen and oxygen atoms in total. The van der Waals surface area contributed by atoms with Gasteiger partial charge in [0.05, 0.1) is 5.56 Å². The zero-order valence-electron chi connectivity index (χ0n) is 6.59. The van der Waals surface area contributed by atoms with Gasteiger partial charge < -0.3 is 5.11 Å². The number of aromatic carboxylic acids is 1. The van der Waals surface area contributed by atoms with Crippen molar-refractivity contribution in [3.8, 4) is 0 Å². The molecule has 0 heterocycles. The van der Waals surface area contributed by atoms with Gasteiger partial charge in [0.1, 0.15) is 0 Å². The van der Waals surface area contributed by atoms with Crippen LogP contribution < -0.4 is 0 Å². The summed E-state index contributed by atoms with van der Waals surface area (Å²) in [7, 11) is 0. The summed E-state index contributed by atoms with van der Waals surface area (Å²) in [6.45, 7) is 3.86. The van der Waals surface area contributed by atoms with E-state index in [1.165, 1.54) is 0 Å². The van der Waals surface area contributed by atoms with Gasteiger partial charge in [-0.25, -0.2) is 4.79 Å². The summed E-state index contributed by atoms with van der Waals surface area (Å²) in [5.74, 6) is -0.867. The summed E-state index contributed by atoms with van der Waals surface area (Å²) in [5, 5.41) is 8.60. The summed E-state index contributed by atoms with van der Waals surface area (Å²) in [4.78, 5) is 10.5. The van der Waals surface area contributed by atoms with Crippen LogP contribution in [0.5, 0.6) is 0 Å². The van der Waals surface area contributed by atoms with Crippen LogP contribution in [-0.2, 0) is 0 Å². The van der Waals surface area contributed by atoms with Crippen LogP contribution in [-0.4, -0.2) is 62.5 Å². The van der Waals surface area contributed by atoms with E-state index in [4.69, 9.17) is 5.11 Å². The summed E-state index contributed by atoms with van der Waals surface area (Å²) in [5.41, 5.74) is 2.49. The van der Waals surface area contributed by atoms with Crippen molar-refractivity contribution in [2.75, 3.05) is 0 Å². The maximum absolute atomic E-state index is 10.5. The maximum atomic E-state index is 10.5. The van der Waals surface area contributed by atoms with Gasteiger partial charge in [0.15, 0.2) is 0 Å². The Kier molecular flexibility index (Phi) is 5.28. The van der Waals surface area contributed by atoms with Gasteiger partial charge in [-0.15, -0.1) is 0 Å². The van der Waals surface area contributed by atoms with Gasteiger partial charge in [-0.3, -0.25) is 0 Å². The summed E-state index contributed by atoms with van der Waals surface area (Å²) in [6.07, 6.45) is 0. The van der Waals surface area contributed by atoms with E-state index in [2.05, 4.69) is 0 Å². The molecule has 0 unspecified atom stereocenters. The summed E-state index contributed by atoms with van der Waals surface area (Å²) in [6, 6.07) is 5.11. The minimum atomic E-state index is -0.867. The Bertz CT molecular complexity index is 295. The van der Waals surface area contributed by atoms with Gasteiger partial charge in [0, 0.05) is 0 Å². The number of carbonyl (C=O) groups is 1. The molecule has 12 heavy (non-hydrogen) atoms. The van der Waals surface area contributed by atoms with Crippen LogP contribution in [0.3, 0.4) is 0 Å². The van der Waals surface area contributed by atoms with Crippen LogP contribution in [0.15, 0.2) is 18.2 Å². The van der Waals surface area contributed by atoms with Gasteiger partial charge in [-0.2, -0.15) is 0 Å². The van der Waals surface area contributed by atoms with Crippen LogP contribution in [0.2, 0.25) is 0 Å². The van der Waals surface area contributed by atoms with E-state index in [1.807, 2.05) is 19.9 Å². The van der Waals surface area contributed by atoms with Crippen molar-refractivity contribution in [2.45, 2.75) is 13.8 Å². The number of rotatable bonds is 1. The van der Waals surface area contributed by atoms with Crippen LogP contribution in [0.1, 0.15) is 21.5 Å². The Balaban J connectivity index is 0.00000121. The molecule has 3 heteroatoms. The first kappa shape index (κ1) is 12.3. The van der Waals surface area contributed by atoms with Crippen molar-refractivity contribution in [1.82, 2.24) is 0 Å². The fraction of sp³-hybridized carbons (Fsp3) is 0.222. The molecule has 0 aliphatic heterocycles. The van der Waals surface area contributed by atoms with Gasteiger partial charge in [-0.1, -0.05) is 6.07 Å². The molecule has 0 atom stereocenters. The van der Waals surface area contributed by atoms with E-state index in [9.17, 15) is 4.79 Å². The molecule has 0 bridgehead atoms. The molecule has 1 N–H and O–H groups in total. The number of hydrogen-bond acceptors (Lipinski definition) is 1. The average Bonchev–Trinajstić information content (AvgIpc) is 1.94. The molecule has 0 aliphatic rings. The molecule has 1 rings (SSSR count). The number of benzene rings is 1. The first-order valence-electron chi connectivity index (χ1n) is 3.42. The molecule has 0 radical (unpaired) electrons. The topological polar surface area (TPSA) is 37.3 Å². The van der Waals surface area contributed by atoms with Crippen molar-refractivity contribution in [2.24, 2.45) is 0 Å².